The van der Waals surface area contributed by atoms with E-state index >= 15 is 0 Å². The number of fused-ring (bicyclic) bond motifs is 1. The second kappa shape index (κ2) is 6.57. The Morgan fingerprint density at radius 3 is 2.78 bits per heavy atom. The highest BCUT2D eigenvalue weighted by molar-refractivity contribution is 8.76. The Morgan fingerprint density at radius 1 is 1.04 bits per heavy atom. The van der Waals surface area contributed by atoms with Crippen LogP contribution in [0.15, 0.2) is 38.3 Å². The zero-order valence-electron chi connectivity index (χ0n) is 12.3. The maximum absolute atomic E-state index is 13.2. The zero-order valence-corrected chi connectivity index (χ0v) is 14.0. The highest BCUT2D eigenvalue weighted by atomic mass is 33.1. The number of rotatable bonds is 4. The average molecular weight is 350 g/mol. The molecule has 7 heteroatoms. The van der Waals surface area contributed by atoms with E-state index in [9.17, 15) is 4.39 Å². The molecule has 1 aliphatic rings. The van der Waals surface area contributed by atoms with E-state index in [0.29, 0.717) is 33.1 Å². The van der Waals surface area contributed by atoms with Crippen LogP contribution in [0, 0.1) is 5.82 Å². The molecule has 4 rings (SSSR count). The summed E-state index contributed by atoms with van der Waals surface area (Å²) in [5.74, 6) is 0.497. The van der Waals surface area contributed by atoms with Gasteiger partial charge in [-0.2, -0.15) is 0 Å². The van der Waals surface area contributed by atoms with E-state index in [1.54, 1.807) is 22.9 Å². The molecule has 120 valence electrons. The summed E-state index contributed by atoms with van der Waals surface area (Å²) in [6.07, 6.45) is 6.48. The molecule has 4 nitrogen and oxygen atoms in total. The van der Waals surface area contributed by atoms with Crippen LogP contribution in [0.2, 0.25) is 0 Å². The number of nitrogens with zero attached hydrogens (tertiary/aromatic N) is 2. The number of benzene rings is 1. The topological polar surface area (TPSA) is 52.1 Å². The van der Waals surface area contributed by atoms with Crippen molar-refractivity contribution in [3.63, 3.8) is 0 Å². The largest absolute Gasteiger partial charge is 0.451 e. The van der Waals surface area contributed by atoms with Crippen LogP contribution in [0.4, 0.5) is 4.39 Å². The lowest BCUT2D eigenvalue weighted by Gasteiger charge is -2.19. The third-order valence-electron chi connectivity index (χ3n) is 3.90. The third kappa shape index (κ3) is 3.40. The summed E-state index contributed by atoms with van der Waals surface area (Å²) in [5.41, 5.74) is 0.602. The fraction of sp³-hybridized carbons (Fsp3) is 0.375. The van der Waals surface area contributed by atoms with Crippen LogP contribution in [0.5, 0.6) is 0 Å². The van der Waals surface area contributed by atoms with Crippen LogP contribution in [-0.2, 0) is 0 Å². The lowest BCUT2D eigenvalue weighted by molar-refractivity contribution is 0.453. The van der Waals surface area contributed by atoms with E-state index in [4.69, 9.17) is 8.83 Å². The molecule has 0 radical (unpaired) electrons. The number of halogens is 1. The second-order valence-electron chi connectivity index (χ2n) is 5.61. The third-order valence-corrected chi connectivity index (χ3v) is 6.58. The summed E-state index contributed by atoms with van der Waals surface area (Å²) in [6.45, 7) is 0. The minimum atomic E-state index is -0.296. The first-order chi connectivity index (χ1) is 11.3. The van der Waals surface area contributed by atoms with Gasteiger partial charge in [-0.25, -0.2) is 4.39 Å². The Labute approximate surface area is 140 Å². The lowest BCUT2D eigenvalue weighted by Crippen LogP contribution is -2.06. The molecular formula is C16H15FN2O2S2. The predicted molar refractivity (Wildman–Crippen MR) is 89.8 cm³/mol. The van der Waals surface area contributed by atoms with Crippen LogP contribution < -0.4 is 0 Å². The molecule has 1 aromatic carbocycles. The number of hydrogen-bond acceptors (Lipinski definition) is 6. The molecule has 23 heavy (non-hydrogen) atoms. The summed E-state index contributed by atoms with van der Waals surface area (Å²) in [6, 6.07) is 6.10. The molecule has 1 saturated carbocycles. The van der Waals surface area contributed by atoms with Gasteiger partial charge in [-0.3, -0.25) is 0 Å². The van der Waals surface area contributed by atoms with Gasteiger partial charge in [-0.1, -0.05) is 35.2 Å². The summed E-state index contributed by atoms with van der Waals surface area (Å²) < 4.78 is 24.5. The highest BCUT2D eigenvalue weighted by Gasteiger charge is 2.18. The maximum Gasteiger partial charge on any atom is 0.287 e. The van der Waals surface area contributed by atoms with Crippen molar-refractivity contribution in [2.45, 2.75) is 42.6 Å². The van der Waals surface area contributed by atoms with Gasteiger partial charge in [0.05, 0.1) is 0 Å². The fourth-order valence-electron chi connectivity index (χ4n) is 2.73. The minimum Gasteiger partial charge on any atom is -0.451 e. The van der Waals surface area contributed by atoms with Gasteiger partial charge in [0.2, 0.25) is 0 Å². The van der Waals surface area contributed by atoms with Gasteiger partial charge in [0.25, 0.3) is 11.1 Å². The molecule has 1 fully saturated rings. The molecular weight excluding hydrogens is 335 g/mol. The van der Waals surface area contributed by atoms with Gasteiger partial charge >= 0.3 is 0 Å². The predicted octanol–water partition coefficient (Wildman–Crippen LogP) is 5.69. The van der Waals surface area contributed by atoms with E-state index in [1.165, 1.54) is 55.0 Å². The summed E-state index contributed by atoms with van der Waals surface area (Å²) in [4.78, 5) is 0. The van der Waals surface area contributed by atoms with Crippen molar-refractivity contribution in [3.05, 3.63) is 30.1 Å². The monoisotopic (exact) mass is 350 g/mol. The van der Waals surface area contributed by atoms with Crippen molar-refractivity contribution in [1.82, 2.24) is 10.2 Å². The standard InChI is InChI=1S/C16H15FN2O2S2/c17-11-6-7-13-10(8-11)9-14(20-13)15-18-19-16(21-15)23-22-12-4-2-1-3-5-12/h6-9,12H,1-5H2. The molecule has 3 aromatic rings. The number of aromatic nitrogens is 2. The van der Waals surface area contributed by atoms with Crippen molar-refractivity contribution >= 4 is 32.6 Å². The van der Waals surface area contributed by atoms with Crippen molar-refractivity contribution in [3.8, 4) is 11.7 Å². The molecule has 1 aliphatic carbocycles. The van der Waals surface area contributed by atoms with Crippen molar-refractivity contribution in [1.29, 1.82) is 0 Å². The Kier molecular flexibility index (Phi) is 4.31. The molecule has 0 spiro atoms. The van der Waals surface area contributed by atoms with Gasteiger partial charge in [0.1, 0.15) is 11.4 Å². The zero-order chi connectivity index (χ0) is 15.6. The van der Waals surface area contributed by atoms with Crippen molar-refractivity contribution in [2.24, 2.45) is 0 Å². The number of hydrogen-bond donors (Lipinski definition) is 0. The molecule has 0 atom stereocenters. The van der Waals surface area contributed by atoms with Crippen molar-refractivity contribution < 1.29 is 13.2 Å². The van der Waals surface area contributed by atoms with Gasteiger partial charge in [0, 0.05) is 21.4 Å². The fourth-order valence-corrected chi connectivity index (χ4v) is 5.10. The van der Waals surface area contributed by atoms with Gasteiger partial charge in [0.15, 0.2) is 5.76 Å². The first kappa shape index (κ1) is 15.1. The molecule has 0 aliphatic heterocycles. The molecule has 0 N–H and O–H groups in total. The van der Waals surface area contributed by atoms with Gasteiger partial charge in [-0.15, -0.1) is 5.10 Å². The molecule has 0 amide bonds. The lowest BCUT2D eigenvalue weighted by atomic mass is 10.0. The Morgan fingerprint density at radius 2 is 1.91 bits per heavy atom. The van der Waals surface area contributed by atoms with Crippen LogP contribution in [0.25, 0.3) is 22.6 Å². The minimum absolute atomic E-state index is 0.296. The highest BCUT2D eigenvalue weighted by Crippen LogP contribution is 2.40. The smallest absolute Gasteiger partial charge is 0.287 e. The van der Waals surface area contributed by atoms with Crippen LogP contribution >= 0.6 is 21.6 Å². The molecule has 0 saturated heterocycles. The van der Waals surface area contributed by atoms with E-state index in [-0.39, 0.29) is 5.82 Å². The van der Waals surface area contributed by atoms with E-state index in [2.05, 4.69) is 10.2 Å². The van der Waals surface area contributed by atoms with E-state index in [0.717, 1.165) is 0 Å². The van der Waals surface area contributed by atoms with Crippen molar-refractivity contribution in [2.75, 3.05) is 0 Å². The maximum atomic E-state index is 13.2. The Hall–Kier alpha value is -1.47. The van der Waals surface area contributed by atoms with E-state index in [1.807, 2.05) is 0 Å². The second-order valence-corrected chi connectivity index (χ2v) is 8.06. The SMILES string of the molecule is Fc1ccc2oc(-c3nnc(SSC4CCCCC4)o3)cc2c1. The van der Waals surface area contributed by atoms with Crippen LogP contribution in [-0.4, -0.2) is 15.4 Å². The normalized spacial score (nSPS) is 16.2. The van der Waals surface area contributed by atoms with Crippen LogP contribution in [0.3, 0.4) is 0 Å². The molecule has 0 unspecified atom stereocenters. The Bertz CT molecular complexity index is 811. The van der Waals surface area contributed by atoms with Gasteiger partial charge < -0.3 is 8.83 Å². The van der Waals surface area contributed by atoms with Crippen LogP contribution in [0.1, 0.15) is 32.1 Å². The quantitative estimate of drug-likeness (QED) is 0.563. The molecule has 0 bridgehead atoms. The Balaban J connectivity index is 1.47. The molecule has 2 heterocycles. The van der Waals surface area contributed by atoms with Gasteiger partial charge in [-0.05, 0) is 37.1 Å². The van der Waals surface area contributed by atoms with E-state index < -0.39 is 0 Å². The summed E-state index contributed by atoms with van der Waals surface area (Å²) >= 11 is 0. The average Bonchev–Trinajstić information content (AvgIpc) is 3.20. The first-order valence-electron chi connectivity index (χ1n) is 7.64. The number of furan rings is 1. The summed E-state index contributed by atoms with van der Waals surface area (Å²) in [5, 5.41) is 9.96. The molecule has 2 aromatic heterocycles. The summed E-state index contributed by atoms with van der Waals surface area (Å²) in [7, 11) is 3.33. The first-order valence-corrected chi connectivity index (χ1v) is 9.85.